The van der Waals surface area contributed by atoms with Gasteiger partial charge in [-0.15, -0.1) is 0 Å². The second-order valence-corrected chi connectivity index (χ2v) is 6.84. The summed E-state index contributed by atoms with van der Waals surface area (Å²) in [6.45, 7) is 0. The molecule has 1 aliphatic heterocycles. The molecule has 0 bridgehead atoms. The highest BCUT2D eigenvalue weighted by atomic mass is 35.5. The Morgan fingerprint density at radius 3 is 2.43 bits per heavy atom. The molecule has 2 N–H and O–H groups in total. The van der Waals surface area contributed by atoms with Crippen molar-refractivity contribution in [3.05, 3.63) is 59.0 Å². The van der Waals surface area contributed by atoms with Crippen LogP contribution in [0.3, 0.4) is 0 Å². The van der Waals surface area contributed by atoms with E-state index >= 15 is 0 Å². The zero-order chi connectivity index (χ0) is 19.8. The van der Waals surface area contributed by atoms with E-state index in [2.05, 4.69) is 10.3 Å². The molecule has 2 heterocycles. The van der Waals surface area contributed by atoms with Crippen molar-refractivity contribution in [2.75, 3.05) is 19.5 Å². The standard InChI is InChI=1S/C20H18ClN3O4/c1-27-15-7-11(8-16(28-2)19(15)26)14-9-17(25)23-20-18(14)22-10-24(20)13-5-3-12(21)4-6-13/h3-8,10,14,26H,9H2,1-2H3,(H,23,25)/t14-/m0/s1. The monoisotopic (exact) mass is 399 g/mol. The molecule has 0 saturated heterocycles. The van der Waals surface area contributed by atoms with E-state index in [1.807, 2.05) is 16.7 Å². The van der Waals surface area contributed by atoms with Crippen molar-refractivity contribution >= 4 is 23.3 Å². The molecule has 0 aliphatic carbocycles. The second-order valence-electron chi connectivity index (χ2n) is 6.40. The van der Waals surface area contributed by atoms with E-state index in [1.54, 1.807) is 30.6 Å². The molecule has 3 aromatic rings. The second kappa shape index (κ2) is 7.09. The summed E-state index contributed by atoms with van der Waals surface area (Å²) in [7, 11) is 2.93. The first kappa shape index (κ1) is 18.2. The number of hydrogen-bond acceptors (Lipinski definition) is 5. The van der Waals surface area contributed by atoms with Crippen LogP contribution in [0.2, 0.25) is 5.02 Å². The van der Waals surface area contributed by atoms with Crippen molar-refractivity contribution in [3.8, 4) is 22.9 Å². The van der Waals surface area contributed by atoms with Gasteiger partial charge in [0.2, 0.25) is 11.7 Å². The highest BCUT2D eigenvalue weighted by Crippen LogP contribution is 2.44. The van der Waals surface area contributed by atoms with Crippen LogP contribution < -0.4 is 14.8 Å². The number of carbonyl (C=O) groups excluding carboxylic acids is 1. The average molecular weight is 400 g/mol. The number of phenols is 1. The molecule has 144 valence electrons. The third kappa shape index (κ3) is 3.03. The maximum Gasteiger partial charge on any atom is 0.226 e. The van der Waals surface area contributed by atoms with Crippen molar-refractivity contribution in [2.45, 2.75) is 12.3 Å². The van der Waals surface area contributed by atoms with Crippen molar-refractivity contribution in [1.29, 1.82) is 0 Å². The van der Waals surface area contributed by atoms with Crippen molar-refractivity contribution in [2.24, 2.45) is 0 Å². The third-order valence-corrected chi connectivity index (χ3v) is 5.03. The predicted molar refractivity (Wildman–Crippen MR) is 105 cm³/mol. The van der Waals surface area contributed by atoms with Crippen LogP contribution in [0.25, 0.3) is 5.69 Å². The lowest BCUT2D eigenvalue weighted by Gasteiger charge is -2.24. The van der Waals surface area contributed by atoms with E-state index in [1.165, 1.54) is 14.2 Å². The number of phenolic OH excluding ortho intramolecular Hbond substituents is 1. The summed E-state index contributed by atoms with van der Waals surface area (Å²) in [6.07, 6.45) is 1.89. The Bertz CT molecular complexity index is 1020. The van der Waals surface area contributed by atoms with Gasteiger partial charge >= 0.3 is 0 Å². The van der Waals surface area contributed by atoms with E-state index in [9.17, 15) is 9.90 Å². The SMILES string of the molecule is COc1cc([C@@H]2CC(=O)Nc3c2ncn3-c2ccc(Cl)cc2)cc(OC)c1O. The lowest BCUT2D eigenvalue weighted by atomic mass is 9.89. The summed E-state index contributed by atoms with van der Waals surface area (Å²) in [5, 5.41) is 13.7. The van der Waals surface area contributed by atoms with Crippen LogP contribution in [0.15, 0.2) is 42.7 Å². The molecule has 8 heteroatoms. The maximum atomic E-state index is 12.4. The molecule has 0 fully saturated rings. The molecule has 0 spiro atoms. The van der Waals surface area contributed by atoms with Gasteiger partial charge in [-0.1, -0.05) is 11.6 Å². The number of imidazole rings is 1. The number of ether oxygens (including phenoxy) is 2. The van der Waals surface area contributed by atoms with Crippen LogP contribution in [-0.4, -0.2) is 34.8 Å². The molecule has 0 unspecified atom stereocenters. The Labute approximate surface area is 166 Å². The smallest absolute Gasteiger partial charge is 0.226 e. The summed E-state index contributed by atoms with van der Waals surface area (Å²) in [4.78, 5) is 17.0. The minimum Gasteiger partial charge on any atom is -0.502 e. The number of anilines is 1. The summed E-state index contributed by atoms with van der Waals surface area (Å²) in [5.41, 5.74) is 2.33. The number of carbonyl (C=O) groups is 1. The van der Waals surface area contributed by atoms with E-state index in [-0.39, 0.29) is 35.5 Å². The number of amides is 1. The van der Waals surface area contributed by atoms with Crippen LogP contribution >= 0.6 is 11.6 Å². The van der Waals surface area contributed by atoms with Gasteiger partial charge < -0.3 is 19.9 Å². The summed E-state index contributed by atoms with van der Waals surface area (Å²) in [5.74, 6) is 0.647. The Balaban J connectivity index is 1.82. The number of aromatic hydroxyl groups is 1. The Morgan fingerprint density at radius 2 is 1.82 bits per heavy atom. The molecule has 1 amide bonds. The van der Waals surface area contributed by atoms with Gasteiger partial charge in [0.15, 0.2) is 11.5 Å². The molecule has 0 saturated carbocycles. The Hall–Kier alpha value is -3.19. The first-order valence-electron chi connectivity index (χ1n) is 8.59. The molecule has 1 atom stereocenters. The summed E-state index contributed by atoms with van der Waals surface area (Å²) >= 11 is 5.97. The van der Waals surface area contributed by atoms with Crippen molar-refractivity contribution in [1.82, 2.24) is 9.55 Å². The van der Waals surface area contributed by atoms with Gasteiger partial charge in [-0.05, 0) is 42.0 Å². The lowest BCUT2D eigenvalue weighted by Crippen LogP contribution is -2.25. The number of methoxy groups -OCH3 is 2. The summed E-state index contributed by atoms with van der Waals surface area (Å²) < 4.78 is 12.3. The quantitative estimate of drug-likeness (QED) is 0.698. The number of nitrogens with zero attached hydrogens (tertiary/aromatic N) is 2. The highest BCUT2D eigenvalue weighted by molar-refractivity contribution is 6.30. The number of hydrogen-bond donors (Lipinski definition) is 2. The average Bonchev–Trinajstić information content (AvgIpc) is 3.12. The molecule has 28 heavy (non-hydrogen) atoms. The number of nitrogens with one attached hydrogen (secondary N) is 1. The molecule has 4 rings (SSSR count). The van der Waals surface area contributed by atoms with Gasteiger partial charge in [0.25, 0.3) is 0 Å². The van der Waals surface area contributed by atoms with Gasteiger partial charge in [0.05, 0.1) is 19.9 Å². The van der Waals surface area contributed by atoms with Crippen LogP contribution in [0.4, 0.5) is 5.82 Å². The molecular formula is C20H18ClN3O4. The highest BCUT2D eigenvalue weighted by Gasteiger charge is 2.32. The number of rotatable bonds is 4. The minimum absolute atomic E-state index is 0.0825. The van der Waals surface area contributed by atoms with Gasteiger partial charge in [0.1, 0.15) is 12.1 Å². The first-order chi connectivity index (χ1) is 13.5. The normalized spacial score (nSPS) is 15.7. The topological polar surface area (TPSA) is 85.6 Å². The fourth-order valence-corrected chi connectivity index (χ4v) is 3.52. The molecule has 0 radical (unpaired) electrons. The number of halogens is 1. The van der Waals surface area contributed by atoms with Crippen LogP contribution in [-0.2, 0) is 4.79 Å². The molecule has 1 aliphatic rings. The Morgan fingerprint density at radius 1 is 1.18 bits per heavy atom. The van der Waals surface area contributed by atoms with Crippen molar-refractivity contribution in [3.63, 3.8) is 0 Å². The van der Waals surface area contributed by atoms with E-state index in [4.69, 9.17) is 21.1 Å². The number of aromatic nitrogens is 2. The minimum atomic E-state index is -0.305. The van der Waals surface area contributed by atoms with E-state index < -0.39 is 0 Å². The fourth-order valence-electron chi connectivity index (χ4n) is 3.39. The molecule has 1 aromatic heterocycles. The predicted octanol–water partition coefficient (Wildman–Crippen LogP) is 3.72. The van der Waals surface area contributed by atoms with E-state index in [0.29, 0.717) is 10.8 Å². The molecule has 7 nitrogen and oxygen atoms in total. The fraction of sp³-hybridized carbons (Fsp3) is 0.200. The molecular weight excluding hydrogens is 382 g/mol. The zero-order valence-corrected chi connectivity index (χ0v) is 16.0. The van der Waals surface area contributed by atoms with Gasteiger partial charge in [0, 0.05) is 23.0 Å². The van der Waals surface area contributed by atoms with Crippen LogP contribution in [0.1, 0.15) is 23.6 Å². The van der Waals surface area contributed by atoms with Gasteiger partial charge in [-0.3, -0.25) is 9.36 Å². The van der Waals surface area contributed by atoms with Crippen LogP contribution in [0, 0.1) is 0 Å². The van der Waals surface area contributed by atoms with Crippen molar-refractivity contribution < 1.29 is 19.4 Å². The zero-order valence-electron chi connectivity index (χ0n) is 15.3. The third-order valence-electron chi connectivity index (χ3n) is 4.78. The Kier molecular flexibility index (Phi) is 4.60. The largest absolute Gasteiger partial charge is 0.502 e. The first-order valence-corrected chi connectivity index (χ1v) is 8.97. The number of fused-ring (bicyclic) bond motifs is 1. The lowest BCUT2D eigenvalue weighted by molar-refractivity contribution is -0.116. The van der Waals surface area contributed by atoms with Gasteiger partial charge in [-0.2, -0.15) is 0 Å². The van der Waals surface area contributed by atoms with Crippen LogP contribution in [0.5, 0.6) is 17.2 Å². The van der Waals surface area contributed by atoms with Gasteiger partial charge in [-0.25, -0.2) is 4.98 Å². The summed E-state index contributed by atoms with van der Waals surface area (Å²) in [6, 6.07) is 10.7. The molecule has 2 aromatic carbocycles. The van der Waals surface area contributed by atoms with E-state index in [0.717, 1.165) is 16.9 Å². The maximum absolute atomic E-state index is 12.4. The number of benzene rings is 2.